The number of carbonyl (C=O) groups excluding carboxylic acids is 3. The molecule has 4 rings (SSSR count). The van der Waals surface area contributed by atoms with E-state index in [-0.39, 0.29) is 30.0 Å². The number of anilines is 1. The molecule has 3 amide bonds. The van der Waals surface area contributed by atoms with Crippen LogP contribution < -0.4 is 5.32 Å². The molecule has 0 saturated carbocycles. The second-order valence-electron chi connectivity index (χ2n) is 8.50. The molecule has 0 atom stereocenters. The largest absolute Gasteiger partial charge is 0.302 e. The van der Waals surface area contributed by atoms with E-state index in [4.69, 9.17) is 0 Å². The number of nitro benzene ring substituents is 1. The van der Waals surface area contributed by atoms with Crippen LogP contribution >= 0.6 is 11.3 Å². The van der Waals surface area contributed by atoms with E-state index in [9.17, 15) is 24.5 Å². The van der Waals surface area contributed by atoms with Crippen molar-refractivity contribution in [2.24, 2.45) is 5.92 Å². The van der Waals surface area contributed by atoms with Crippen molar-refractivity contribution in [3.05, 3.63) is 50.0 Å². The summed E-state index contributed by atoms with van der Waals surface area (Å²) < 4.78 is 0. The van der Waals surface area contributed by atoms with Crippen molar-refractivity contribution >= 4 is 39.9 Å². The molecule has 0 spiro atoms. The molecule has 33 heavy (non-hydrogen) atoms. The van der Waals surface area contributed by atoms with Crippen LogP contribution in [0.5, 0.6) is 0 Å². The van der Waals surface area contributed by atoms with Crippen molar-refractivity contribution in [3.63, 3.8) is 0 Å². The van der Waals surface area contributed by atoms with E-state index < -0.39 is 22.4 Å². The number of benzene rings is 1. The molecular weight excluding hydrogens is 446 g/mol. The predicted molar refractivity (Wildman–Crippen MR) is 122 cm³/mol. The maximum Gasteiger partial charge on any atom is 0.282 e. The van der Waals surface area contributed by atoms with Crippen LogP contribution in [0.15, 0.2) is 18.2 Å². The number of carbonyl (C=O) groups is 3. The summed E-state index contributed by atoms with van der Waals surface area (Å²) in [5.41, 5.74) is 0.232. The molecule has 2 aliphatic rings. The molecule has 1 fully saturated rings. The Morgan fingerprint density at radius 1 is 1.27 bits per heavy atom. The Hall–Kier alpha value is -3.18. The summed E-state index contributed by atoms with van der Waals surface area (Å²) in [7, 11) is 0. The third-order valence-corrected chi connectivity index (χ3v) is 7.18. The summed E-state index contributed by atoms with van der Waals surface area (Å²) in [6.45, 7) is 6.93. The summed E-state index contributed by atoms with van der Waals surface area (Å²) in [5.74, 6) is -1.01. The zero-order chi connectivity index (χ0) is 23.7. The van der Waals surface area contributed by atoms with Crippen molar-refractivity contribution in [1.82, 2.24) is 14.8 Å². The van der Waals surface area contributed by atoms with Gasteiger partial charge < -0.3 is 5.32 Å². The molecule has 0 radical (unpaired) electrons. The number of likely N-dealkylation sites (tertiary alicyclic amines) is 1. The monoisotopic (exact) mass is 471 g/mol. The Labute approximate surface area is 194 Å². The van der Waals surface area contributed by atoms with Gasteiger partial charge in [0, 0.05) is 30.5 Å². The number of aryl methyl sites for hydroxylation is 1. The smallest absolute Gasteiger partial charge is 0.282 e. The molecule has 0 unspecified atom stereocenters. The van der Waals surface area contributed by atoms with E-state index in [0.717, 1.165) is 41.0 Å². The first-order valence-corrected chi connectivity index (χ1v) is 11.7. The fourth-order valence-corrected chi connectivity index (χ4v) is 5.14. The van der Waals surface area contributed by atoms with E-state index in [1.54, 1.807) is 0 Å². The Bertz CT molecular complexity index is 1120. The van der Waals surface area contributed by atoms with E-state index in [0.29, 0.717) is 5.13 Å². The molecule has 1 aromatic heterocycles. The second kappa shape index (κ2) is 9.36. The van der Waals surface area contributed by atoms with Gasteiger partial charge in [0.05, 0.1) is 16.2 Å². The Balaban J connectivity index is 1.35. The number of hydrogen-bond donors (Lipinski definition) is 1. The van der Waals surface area contributed by atoms with Gasteiger partial charge in [-0.25, -0.2) is 4.98 Å². The molecule has 0 bridgehead atoms. The maximum atomic E-state index is 12.6. The first-order chi connectivity index (χ1) is 15.7. The fourth-order valence-electron chi connectivity index (χ4n) is 4.12. The van der Waals surface area contributed by atoms with Crippen LogP contribution in [0.2, 0.25) is 0 Å². The van der Waals surface area contributed by atoms with Crippen molar-refractivity contribution in [2.45, 2.75) is 39.7 Å². The highest BCUT2D eigenvalue weighted by Gasteiger charge is 2.40. The number of hydrogen-bond acceptors (Lipinski definition) is 8. The van der Waals surface area contributed by atoms with Crippen LogP contribution in [0, 0.1) is 23.0 Å². The topological polar surface area (TPSA) is 126 Å². The Kier molecular flexibility index (Phi) is 6.52. The lowest BCUT2D eigenvalue weighted by molar-refractivity contribution is -0.385. The quantitative estimate of drug-likeness (QED) is 0.373. The molecule has 2 aromatic rings. The highest BCUT2D eigenvalue weighted by molar-refractivity contribution is 7.15. The number of thiazole rings is 1. The number of piperidine rings is 1. The molecule has 11 heteroatoms. The molecular formula is C22H25N5O5S. The van der Waals surface area contributed by atoms with Gasteiger partial charge in [0.1, 0.15) is 5.56 Å². The summed E-state index contributed by atoms with van der Waals surface area (Å²) in [5, 5.41) is 14.4. The van der Waals surface area contributed by atoms with Crippen LogP contribution in [0.4, 0.5) is 10.8 Å². The number of aromatic nitrogens is 1. The number of nitro groups is 1. The van der Waals surface area contributed by atoms with Crippen molar-refractivity contribution in [2.75, 3.05) is 25.0 Å². The lowest BCUT2D eigenvalue weighted by atomic mass is 9.99. The van der Waals surface area contributed by atoms with Gasteiger partial charge in [-0.05, 0) is 44.8 Å². The number of nitrogens with zero attached hydrogens (tertiary/aromatic N) is 4. The zero-order valence-corrected chi connectivity index (χ0v) is 19.3. The van der Waals surface area contributed by atoms with Crippen LogP contribution in [0.1, 0.15) is 57.5 Å². The standard InChI is InChI=1S/C22H25N5O5S/c1-13-6-9-25(10-7-13)12-17-14(2)23-22(33-17)24-18(28)8-11-26-20(29)15-4-3-5-16(27(31)32)19(15)21(26)30/h3-5,13H,6-12H2,1-2H3,(H,23,24,28). The van der Waals surface area contributed by atoms with Crippen LogP contribution in [0.3, 0.4) is 0 Å². The minimum atomic E-state index is -0.752. The number of nitrogens with one attached hydrogen (secondary N) is 1. The lowest BCUT2D eigenvalue weighted by Crippen LogP contribution is -2.33. The van der Waals surface area contributed by atoms with Gasteiger partial charge in [0.15, 0.2) is 5.13 Å². The average Bonchev–Trinajstić information content (AvgIpc) is 3.24. The van der Waals surface area contributed by atoms with Gasteiger partial charge in [0.25, 0.3) is 17.5 Å². The van der Waals surface area contributed by atoms with Gasteiger partial charge >= 0.3 is 0 Å². The van der Waals surface area contributed by atoms with Crippen molar-refractivity contribution in [1.29, 1.82) is 0 Å². The molecule has 174 valence electrons. The average molecular weight is 472 g/mol. The molecule has 2 aliphatic heterocycles. The van der Waals surface area contributed by atoms with Gasteiger partial charge in [-0.3, -0.25) is 34.3 Å². The Morgan fingerprint density at radius 3 is 2.70 bits per heavy atom. The highest BCUT2D eigenvalue weighted by Crippen LogP contribution is 2.31. The summed E-state index contributed by atoms with van der Waals surface area (Å²) in [6, 6.07) is 3.93. The molecule has 1 aromatic carbocycles. The Morgan fingerprint density at radius 2 is 2.00 bits per heavy atom. The summed E-state index contributed by atoms with van der Waals surface area (Å²) in [6.07, 6.45) is 2.24. The van der Waals surface area contributed by atoms with E-state index in [1.165, 1.54) is 42.4 Å². The van der Waals surface area contributed by atoms with Gasteiger partial charge in [-0.1, -0.05) is 13.0 Å². The first-order valence-electron chi connectivity index (χ1n) is 10.9. The molecule has 1 N–H and O–H groups in total. The minimum absolute atomic E-state index is 0.0121. The highest BCUT2D eigenvalue weighted by atomic mass is 32.1. The zero-order valence-electron chi connectivity index (χ0n) is 18.5. The molecule has 0 aliphatic carbocycles. The summed E-state index contributed by atoms with van der Waals surface area (Å²) in [4.78, 5) is 57.0. The predicted octanol–water partition coefficient (Wildman–Crippen LogP) is 3.22. The van der Waals surface area contributed by atoms with Crippen molar-refractivity contribution < 1.29 is 19.3 Å². The fraction of sp³-hybridized carbons (Fsp3) is 0.455. The van der Waals surface area contributed by atoms with Crippen molar-refractivity contribution in [3.8, 4) is 0 Å². The van der Waals surface area contributed by atoms with Crippen LogP contribution in [-0.2, 0) is 11.3 Å². The molecule has 1 saturated heterocycles. The number of rotatable bonds is 7. The van der Waals surface area contributed by atoms with E-state index in [2.05, 4.69) is 22.1 Å². The SMILES string of the molecule is Cc1nc(NC(=O)CCN2C(=O)c3cccc([N+](=O)[O-])c3C2=O)sc1CN1CCC(C)CC1. The molecule has 10 nitrogen and oxygen atoms in total. The summed E-state index contributed by atoms with van der Waals surface area (Å²) >= 11 is 1.43. The lowest BCUT2D eigenvalue weighted by Gasteiger charge is -2.29. The number of imide groups is 1. The van der Waals surface area contributed by atoms with E-state index in [1.807, 2.05) is 6.92 Å². The first kappa shape index (κ1) is 23.0. The maximum absolute atomic E-state index is 12.6. The van der Waals surface area contributed by atoms with E-state index >= 15 is 0 Å². The molecule has 3 heterocycles. The second-order valence-corrected chi connectivity index (χ2v) is 9.59. The van der Waals surface area contributed by atoms with Crippen LogP contribution in [0.25, 0.3) is 0 Å². The third kappa shape index (κ3) is 4.79. The minimum Gasteiger partial charge on any atom is -0.302 e. The third-order valence-electron chi connectivity index (χ3n) is 6.12. The van der Waals surface area contributed by atoms with Crippen LogP contribution in [-0.4, -0.2) is 57.1 Å². The normalized spacial score (nSPS) is 16.8. The van der Waals surface area contributed by atoms with Gasteiger partial charge in [0.2, 0.25) is 5.91 Å². The van der Waals surface area contributed by atoms with Gasteiger partial charge in [-0.2, -0.15) is 0 Å². The number of fused-ring (bicyclic) bond motifs is 1. The van der Waals surface area contributed by atoms with Gasteiger partial charge in [-0.15, -0.1) is 11.3 Å². The number of amides is 3.